The fourth-order valence-electron chi connectivity index (χ4n) is 2.40. The van der Waals surface area contributed by atoms with Crippen LogP contribution in [0.3, 0.4) is 0 Å². The van der Waals surface area contributed by atoms with Crippen LogP contribution in [0.15, 0.2) is 89.4 Å². The third-order valence-corrected chi connectivity index (χ3v) is 4.40. The van der Waals surface area contributed by atoms with Crippen LogP contribution in [0.5, 0.6) is 5.75 Å². The van der Waals surface area contributed by atoms with Gasteiger partial charge in [0.2, 0.25) is 0 Å². The molecule has 0 fully saturated rings. The maximum absolute atomic E-state index is 12.4. The number of hydrogen-bond acceptors (Lipinski definition) is 2. The van der Waals surface area contributed by atoms with Crippen molar-refractivity contribution in [2.75, 3.05) is 0 Å². The van der Waals surface area contributed by atoms with Gasteiger partial charge in [0.05, 0.1) is 0 Å². The van der Waals surface area contributed by atoms with E-state index in [2.05, 4.69) is 15.9 Å². The molecule has 124 valence electrons. The number of halogens is 1. The van der Waals surface area contributed by atoms with Crippen molar-refractivity contribution in [2.24, 2.45) is 0 Å². The molecule has 0 unspecified atom stereocenters. The second-order valence-electron chi connectivity index (χ2n) is 5.49. The highest BCUT2D eigenvalue weighted by Gasteiger charge is 2.06. The molecule has 3 aromatic rings. The first kappa shape index (κ1) is 17.2. The van der Waals surface area contributed by atoms with Crippen molar-refractivity contribution in [1.29, 1.82) is 0 Å². The topological polar surface area (TPSA) is 26.3 Å². The Kier molecular flexibility index (Phi) is 5.81. The highest BCUT2D eigenvalue weighted by Crippen LogP contribution is 2.22. The molecule has 0 aliphatic carbocycles. The molecule has 0 amide bonds. The van der Waals surface area contributed by atoms with E-state index in [1.165, 1.54) is 0 Å². The predicted octanol–water partition coefficient (Wildman–Crippen LogP) is 5.92. The van der Waals surface area contributed by atoms with E-state index in [-0.39, 0.29) is 5.78 Å². The molecule has 0 aliphatic rings. The lowest BCUT2D eigenvalue weighted by atomic mass is 10.1. The van der Waals surface area contributed by atoms with Crippen LogP contribution in [0.4, 0.5) is 0 Å². The standard InChI is InChI=1S/C22H17BrO2/c23-20-12-6-5-11-19(20)21(24)15-14-18-10-4-7-13-22(18)25-16-17-8-2-1-3-9-17/h1-15H,16H2/b15-14+. The highest BCUT2D eigenvalue weighted by molar-refractivity contribution is 9.10. The Morgan fingerprint density at radius 2 is 1.56 bits per heavy atom. The number of carbonyl (C=O) groups is 1. The van der Waals surface area contributed by atoms with Gasteiger partial charge in [-0.15, -0.1) is 0 Å². The molecule has 0 saturated heterocycles. The van der Waals surface area contributed by atoms with E-state index in [0.29, 0.717) is 12.2 Å². The van der Waals surface area contributed by atoms with Gasteiger partial charge < -0.3 is 4.74 Å². The zero-order valence-electron chi connectivity index (χ0n) is 13.6. The molecule has 3 heteroatoms. The van der Waals surface area contributed by atoms with Crippen molar-refractivity contribution >= 4 is 27.8 Å². The molecule has 0 atom stereocenters. The first-order valence-corrected chi connectivity index (χ1v) is 8.76. The molecular formula is C22H17BrO2. The first-order valence-electron chi connectivity index (χ1n) is 7.97. The number of ketones is 1. The largest absolute Gasteiger partial charge is 0.488 e. The van der Waals surface area contributed by atoms with Gasteiger partial charge in [0.15, 0.2) is 5.78 Å². The zero-order chi connectivity index (χ0) is 17.5. The van der Waals surface area contributed by atoms with Gasteiger partial charge in [0.1, 0.15) is 12.4 Å². The number of allylic oxidation sites excluding steroid dienone is 1. The second kappa shape index (κ2) is 8.45. The zero-order valence-corrected chi connectivity index (χ0v) is 15.1. The van der Waals surface area contributed by atoms with Crippen LogP contribution >= 0.6 is 15.9 Å². The Morgan fingerprint density at radius 1 is 0.880 bits per heavy atom. The summed E-state index contributed by atoms with van der Waals surface area (Å²) in [6, 6.07) is 25.1. The van der Waals surface area contributed by atoms with Crippen LogP contribution in [-0.4, -0.2) is 5.78 Å². The van der Waals surface area contributed by atoms with Crippen molar-refractivity contribution in [3.05, 3.63) is 106 Å². The van der Waals surface area contributed by atoms with Crippen molar-refractivity contribution in [3.63, 3.8) is 0 Å². The van der Waals surface area contributed by atoms with Crippen LogP contribution in [0, 0.1) is 0 Å². The minimum absolute atomic E-state index is 0.0506. The van der Waals surface area contributed by atoms with E-state index >= 15 is 0 Å². The average Bonchev–Trinajstić information content (AvgIpc) is 2.66. The van der Waals surface area contributed by atoms with Crippen LogP contribution in [0.2, 0.25) is 0 Å². The lowest BCUT2D eigenvalue weighted by Gasteiger charge is -2.09. The maximum Gasteiger partial charge on any atom is 0.186 e. The van der Waals surface area contributed by atoms with E-state index in [0.717, 1.165) is 21.3 Å². The predicted molar refractivity (Wildman–Crippen MR) is 105 cm³/mol. The van der Waals surface area contributed by atoms with Crippen LogP contribution in [0.25, 0.3) is 6.08 Å². The fourth-order valence-corrected chi connectivity index (χ4v) is 2.88. The fraction of sp³-hybridized carbons (Fsp3) is 0.0455. The maximum atomic E-state index is 12.4. The molecule has 0 bridgehead atoms. The van der Waals surface area contributed by atoms with Crippen LogP contribution in [-0.2, 0) is 6.61 Å². The van der Waals surface area contributed by atoms with Gasteiger partial charge in [-0.3, -0.25) is 4.79 Å². The molecular weight excluding hydrogens is 376 g/mol. The van der Waals surface area contributed by atoms with Gasteiger partial charge in [-0.2, -0.15) is 0 Å². The summed E-state index contributed by atoms with van der Waals surface area (Å²) < 4.78 is 6.70. The number of ether oxygens (including phenoxy) is 1. The number of benzene rings is 3. The highest BCUT2D eigenvalue weighted by atomic mass is 79.9. The minimum Gasteiger partial charge on any atom is -0.488 e. The summed E-state index contributed by atoms with van der Waals surface area (Å²) in [6.45, 7) is 0.490. The van der Waals surface area contributed by atoms with Crippen LogP contribution in [0.1, 0.15) is 21.5 Å². The molecule has 0 spiro atoms. The molecule has 2 nitrogen and oxygen atoms in total. The van der Waals surface area contributed by atoms with Crippen molar-refractivity contribution in [1.82, 2.24) is 0 Å². The van der Waals surface area contributed by atoms with Gasteiger partial charge in [-0.25, -0.2) is 0 Å². The van der Waals surface area contributed by atoms with E-state index < -0.39 is 0 Å². The molecule has 0 aromatic heterocycles. The Balaban J connectivity index is 1.74. The Labute approximate surface area is 155 Å². The first-order chi connectivity index (χ1) is 12.2. The smallest absolute Gasteiger partial charge is 0.186 e. The third kappa shape index (κ3) is 4.68. The summed E-state index contributed by atoms with van der Waals surface area (Å²) >= 11 is 3.41. The summed E-state index contributed by atoms with van der Waals surface area (Å²) in [4.78, 5) is 12.4. The van der Waals surface area contributed by atoms with Gasteiger partial charge in [0.25, 0.3) is 0 Å². The number of para-hydroxylation sites is 1. The number of carbonyl (C=O) groups excluding carboxylic acids is 1. The van der Waals surface area contributed by atoms with Gasteiger partial charge in [0, 0.05) is 15.6 Å². The van der Waals surface area contributed by atoms with Gasteiger partial charge in [-0.1, -0.05) is 76.6 Å². The molecule has 0 saturated carbocycles. The molecule has 0 radical (unpaired) electrons. The minimum atomic E-state index is -0.0506. The summed E-state index contributed by atoms with van der Waals surface area (Å²) in [6.07, 6.45) is 3.37. The normalized spacial score (nSPS) is 10.8. The van der Waals surface area contributed by atoms with E-state index in [4.69, 9.17) is 4.74 Å². The van der Waals surface area contributed by atoms with Crippen LogP contribution < -0.4 is 4.74 Å². The average molecular weight is 393 g/mol. The molecule has 0 N–H and O–H groups in total. The Hall–Kier alpha value is -2.65. The van der Waals surface area contributed by atoms with E-state index in [9.17, 15) is 4.79 Å². The number of rotatable bonds is 6. The Morgan fingerprint density at radius 3 is 2.36 bits per heavy atom. The van der Waals surface area contributed by atoms with Crippen molar-refractivity contribution < 1.29 is 9.53 Å². The van der Waals surface area contributed by atoms with Gasteiger partial charge >= 0.3 is 0 Å². The van der Waals surface area contributed by atoms with E-state index in [1.807, 2.05) is 72.8 Å². The lowest BCUT2D eigenvalue weighted by Crippen LogP contribution is -1.97. The summed E-state index contributed by atoms with van der Waals surface area (Å²) in [5.74, 6) is 0.702. The quantitative estimate of drug-likeness (QED) is 0.384. The lowest BCUT2D eigenvalue weighted by molar-refractivity contribution is 0.104. The summed E-state index contributed by atoms with van der Waals surface area (Å²) in [5, 5.41) is 0. The monoisotopic (exact) mass is 392 g/mol. The third-order valence-electron chi connectivity index (χ3n) is 3.71. The Bertz CT molecular complexity index is 885. The molecule has 0 heterocycles. The van der Waals surface area contributed by atoms with Crippen molar-refractivity contribution in [2.45, 2.75) is 6.61 Å². The van der Waals surface area contributed by atoms with Crippen molar-refractivity contribution in [3.8, 4) is 5.75 Å². The summed E-state index contributed by atoms with van der Waals surface area (Å²) in [5.41, 5.74) is 2.62. The van der Waals surface area contributed by atoms with E-state index in [1.54, 1.807) is 18.2 Å². The van der Waals surface area contributed by atoms with Gasteiger partial charge in [-0.05, 0) is 35.9 Å². The number of hydrogen-bond donors (Lipinski definition) is 0. The molecule has 3 aromatic carbocycles. The summed E-state index contributed by atoms with van der Waals surface area (Å²) in [7, 11) is 0. The molecule has 25 heavy (non-hydrogen) atoms. The SMILES string of the molecule is O=C(/C=C/c1ccccc1OCc1ccccc1)c1ccccc1Br. The molecule has 0 aliphatic heterocycles. The molecule has 3 rings (SSSR count). The second-order valence-corrected chi connectivity index (χ2v) is 6.34.